The van der Waals surface area contributed by atoms with E-state index in [1.54, 1.807) is 7.11 Å². The van der Waals surface area contributed by atoms with Gasteiger partial charge in [0.2, 0.25) is 0 Å². The van der Waals surface area contributed by atoms with Crippen molar-refractivity contribution in [3.05, 3.63) is 48.5 Å². The molecule has 0 saturated carbocycles. The molecular weight excluding hydrogens is 290 g/mol. The maximum atomic E-state index is 5.88. The van der Waals surface area contributed by atoms with Gasteiger partial charge in [-0.15, -0.1) is 0 Å². The fourth-order valence-corrected chi connectivity index (χ4v) is 2.11. The van der Waals surface area contributed by atoms with Gasteiger partial charge in [-0.3, -0.25) is 0 Å². The largest absolute Gasteiger partial charge is 0.497 e. The predicted octanol–water partition coefficient (Wildman–Crippen LogP) is 4.36. The number of anilines is 1. The molecular formula is C19H25NO3. The Balaban J connectivity index is 1.82. The van der Waals surface area contributed by atoms with Gasteiger partial charge in [-0.1, -0.05) is 13.0 Å². The van der Waals surface area contributed by atoms with Crippen molar-refractivity contribution in [2.75, 3.05) is 25.6 Å². The minimum Gasteiger partial charge on any atom is -0.497 e. The third-order valence-electron chi connectivity index (χ3n) is 3.30. The smallest absolute Gasteiger partial charge is 0.121 e. The first-order chi connectivity index (χ1) is 11.2. The van der Waals surface area contributed by atoms with E-state index in [1.807, 2.05) is 55.5 Å². The van der Waals surface area contributed by atoms with Crippen LogP contribution in [0.2, 0.25) is 0 Å². The number of rotatable bonds is 9. The molecule has 0 saturated heterocycles. The van der Waals surface area contributed by atoms with Gasteiger partial charge in [0, 0.05) is 11.8 Å². The van der Waals surface area contributed by atoms with Crippen LogP contribution < -0.4 is 19.5 Å². The van der Waals surface area contributed by atoms with Gasteiger partial charge in [-0.25, -0.2) is 0 Å². The van der Waals surface area contributed by atoms with E-state index in [-0.39, 0.29) is 6.10 Å². The van der Waals surface area contributed by atoms with Gasteiger partial charge < -0.3 is 19.5 Å². The fraction of sp³-hybridized carbons (Fsp3) is 0.368. The molecule has 0 heterocycles. The molecule has 0 aliphatic rings. The van der Waals surface area contributed by atoms with E-state index >= 15 is 0 Å². The lowest BCUT2D eigenvalue weighted by Crippen LogP contribution is -2.22. The second-order valence-electron chi connectivity index (χ2n) is 5.36. The average molecular weight is 315 g/mol. The van der Waals surface area contributed by atoms with E-state index in [0.717, 1.165) is 36.0 Å². The molecule has 0 radical (unpaired) electrons. The highest BCUT2D eigenvalue weighted by Crippen LogP contribution is 2.20. The van der Waals surface area contributed by atoms with Crippen LogP contribution in [0.5, 0.6) is 17.2 Å². The van der Waals surface area contributed by atoms with Crippen molar-refractivity contribution in [3.63, 3.8) is 0 Å². The Labute approximate surface area is 138 Å². The monoisotopic (exact) mass is 315 g/mol. The van der Waals surface area contributed by atoms with E-state index in [2.05, 4.69) is 12.2 Å². The molecule has 1 atom stereocenters. The van der Waals surface area contributed by atoms with Crippen LogP contribution in [0.15, 0.2) is 48.5 Å². The van der Waals surface area contributed by atoms with Crippen molar-refractivity contribution in [2.45, 2.75) is 26.4 Å². The molecule has 4 heteroatoms. The van der Waals surface area contributed by atoms with Crippen LogP contribution in [-0.2, 0) is 0 Å². The normalized spacial score (nSPS) is 11.6. The Morgan fingerprint density at radius 3 is 2.43 bits per heavy atom. The Morgan fingerprint density at radius 1 is 1.00 bits per heavy atom. The predicted molar refractivity (Wildman–Crippen MR) is 93.8 cm³/mol. The summed E-state index contributed by atoms with van der Waals surface area (Å²) in [4.78, 5) is 0. The van der Waals surface area contributed by atoms with E-state index in [4.69, 9.17) is 14.2 Å². The number of hydrogen-bond donors (Lipinski definition) is 1. The SMILES string of the molecule is CCCOc1cccc(NCC(C)Oc2ccc(OC)cc2)c1. The molecule has 1 N–H and O–H groups in total. The summed E-state index contributed by atoms with van der Waals surface area (Å²) >= 11 is 0. The highest BCUT2D eigenvalue weighted by molar-refractivity contribution is 5.48. The average Bonchev–Trinajstić information content (AvgIpc) is 2.59. The van der Waals surface area contributed by atoms with E-state index in [0.29, 0.717) is 6.54 Å². The van der Waals surface area contributed by atoms with Gasteiger partial charge >= 0.3 is 0 Å². The van der Waals surface area contributed by atoms with Crippen LogP contribution in [0.1, 0.15) is 20.3 Å². The Morgan fingerprint density at radius 2 is 1.74 bits per heavy atom. The molecule has 1 unspecified atom stereocenters. The van der Waals surface area contributed by atoms with Crippen molar-refractivity contribution in [3.8, 4) is 17.2 Å². The lowest BCUT2D eigenvalue weighted by Gasteiger charge is -2.17. The number of benzene rings is 2. The van der Waals surface area contributed by atoms with Crippen LogP contribution in [0.4, 0.5) is 5.69 Å². The van der Waals surface area contributed by atoms with Crippen molar-refractivity contribution in [1.29, 1.82) is 0 Å². The first-order valence-electron chi connectivity index (χ1n) is 7.98. The van der Waals surface area contributed by atoms with Crippen molar-refractivity contribution < 1.29 is 14.2 Å². The zero-order valence-electron chi connectivity index (χ0n) is 14.0. The summed E-state index contributed by atoms with van der Waals surface area (Å²) in [6, 6.07) is 15.6. The second kappa shape index (κ2) is 8.93. The molecule has 0 amide bonds. The molecule has 23 heavy (non-hydrogen) atoms. The topological polar surface area (TPSA) is 39.7 Å². The molecule has 0 spiro atoms. The minimum absolute atomic E-state index is 0.0450. The zero-order chi connectivity index (χ0) is 16.5. The molecule has 4 nitrogen and oxygen atoms in total. The zero-order valence-corrected chi connectivity index (χ0v) is 14.0. The first kappa shape index (κ1) is 17.0. The standard InChI is InChI=1S/C19H25NO3/c1-4-12-22-19-7-5-6-16(13-19)20-14-15(2)23-18-10-8-17(21-3)9-11-18/h5-11,13,15,20H,4,12,14H2,1-3H3. The highest BCUT2D eigenvalue weighted by atomic mass is 16.5. The van der Waals surface area contributed by atoms with Crippen molar-refractivity contribution in [1.82, 2.24) is 0 Å². The summed E-state index contributed by atoms with van der Waals surface area (Å²) in [5, 5.41) is 3.37. The third kappa shape index (κ3) is 5.74. The summed E-state index contributed by atoms with van der Waals surface area (Å²) in [5.41, 5.74) is 1.03. The number of nitrogens with one attached hydrogen (secondary N) is 1. The summed E-state index contributed by atoms with van der Waals surface area (Å²) in [6.07, 6.45) is 1.05. The molecule has 2 aromatic rings. The Hall–Kier alpha value is -2.36. The van der Waals surface area contributed by atoms with Crippen LogP contribution >= 0.6 is 0 Å². The maximum Gasteiger partial charge on any atom is 0.121 e. The van der Waals surface area contributed by atoms with Crippen LogP contribution in [0.3, 0.4) is 0 Å². The molecule has 0 fully saturated rings. The van der Waals surface area contributed by atoms with Crippen molar-refractivity contribution in [2.24, 2.45) is 0 Å². The number of hydrogen-bond acceptors (Lipinski definition) is 4. The highest BCUT2D eigenvalue weighted by Gasteiger charge is 2.05. The molecule has 0 aliphatic heterocycles. The number of ether oxygens (including phenoxy) is 3. The number of methoxy groups -OCH3 is 1. The lowest BCUT2D eigenvalue weighted by molar-refractivity contribution is 0.234. The fourth-order valence-electron chi connectivity index (χ4n) is 2.11. The van der Waals surface area contributed by atoms with E-state index in [9.17, 15) is 0 Å². The van der Waals surface area contributed by atoms with E-state index in [1.165, 1.54) is 0 Å². The summed E-state index contributed by atoms with van der Waals surface area (Å²) in [5.74, 6) is 2.55. The Bertz CT molecular complexity index is 583. The Kier molecular flexibility index (Phi) is 6.60. The van der Waals surface area contributed by atoms with Gasteiger partial charge in [0.05, 0.1) is 20.3 Å². The van der Waals surface area contributed by atoms with Crippen molar-refractivity contribution >= 4 is 5.69 Å². The van der Waals surface area contributed by atoms with Gasteiger partial charge in [0.1, 0.15) is 23.4 Å². The third-order valence-corrected chi connectivity index (χ3v) is 3.30. The minimum atomic E-state index is 0.0450. The molecule has 0 aromatic heterocycles. The lowest BCUT2D eigenvalue weighted by atomic mass is 10.3. The summed E-state index contributed by atoms with van der Waals surface area (Å²) < 4.78 is 16.7. The van der Waals surface area contributed by atoms with Crippen LogP contribution in [0, 0.1) is 0 Å². The molecule has 0 bridgehead atoms. The van der Waals surface area contributed by atoms with Gasteiger partial charge in [-0.2, -0.15) is 0 Å². The van der Waals surface area contributed by atoms with E-state index < -0.39 is 0 Å². The molecule has 0 aliphatic carbocycles. The van der Waals surface area contributed by atoms with Gasteiger partial charge in [0.15, 0.2) is 0 Å². The summed E-state index contributed by atoms with van der Waals surface area (Å²) in [6.45, 7) is 5.58. The molecule has 2 aromatic carbocycles. The first-order valence-corrected chi connectivity index (χ1v) is 7.98. The second-order valence-corrected chi connectivity index (χ2v) is 5.36. The molecule has 124 valence electrons. The van der Waals surface area contributed by atoms with Crippen LogP contribution in [0.25, 0.3) is 0 Å². The molecule has 2 rings (SSSR count). The van der Waals surface area contributed by atoms with Gasteiger partial charge in [0.25, 0.3) is 0 Å². The maximum absolute atomic E-state index is 5.88. The van der Waals surface area contributed by atoms with Crippen LogP contribution in [-0.4, -0.2) is 26.4 Å². The summed E-state index contributed by atoms with van der Waals surface area (Å²) in [7, 11) is 1.65. The quantitative estimate of drug-likeness (QED) is 0.746. The van der Waals surface area contributed by atoms with Gasteiger partial charge in [-0.05, 0) is 49.7 Å².